The van der Waals surface area contributed by atoms with Crippen LogP contribution in [0, 0.1) is 6.92 Å². The molecule has 0 saturated carbocycles. The maximum Gasteiger partial charge on any atom is 0.154 e. The summed E-state index contributed by atoms with van der Waals surface area (Å²) in [6.45, 7) is 4.70. The quantitative estimate of drug-likeness (QED) is 0.910. The van der Waals surface area contributed by atoms with Gasteiger partial charge in [0.05, 0.1) is 11.0 Å². The highest BCUT2D eigenvalue weighted by Crippen LogP contribution is 2.20. The second kappa shape index (κ2) is 5.41. The fraction of sp³-hybridized carbons (Fsp3) is 0.571. The van der Waals surface area contributed by atoms with Gasteiger partial charge >= 0.3 is 0 Å². The summed E-state index contributed by atoms with van der Waals surface area (Å²) in [5.74, 6) is 0.359. The van der Waals surface area contributed by atoms with Crippen molar-refractivity contribution in [2.75, 3.05) is 12.3 Å². The molecule has 1 saturated heterocycles. The topological polar surface area (TPSA) is 46.2 Å². The minimum Gasteiger partial charge on any atom is -0.309 e. The lowest BCUT2D eigenvalue weighted by molar-refractivity contribution is 0.538. The summed E-state index contributed by atoms with van der Waals surface area (Å²) in [5, 5.41) is 3.15. The first kappa shape index (κ1) is 13.6. The summed E-state index contributed by atoms with van der Waals surface area (Å²) < 4.78 is 23.4. The number of aryl methyl sites for hydroxylation is 1. The summed E-state index contributed by atoms with van der Waals surface area (Å²) in [7, 11) is -2.83. The van der Waals surface area contributed by atoms with Crippen LogP contribution < -0.4 is 5.32 Å². The van der Waals surface area contributed by atoms with Crippen molar-refractivity contribution < 1.29 is 8.42 Å². The van der Waals surface area contributed by atoms with Gasteiger partial charge in [-0.25, -0.2) is 8.42 Å². The summed E-state index contributed by atoms with van der Waals surface area (Å²) >= 11 is 0. The summed E-state index contributed by atoms with van der Waals surface area (Å²) in [5.41, 5.74) is 2.44. The van der Waals surface area contributed by atoms with Gasteiger partial charge in [-0.05, 0) is 32.3 Å². The summed E-state index contributed by atoms with van der Waals surface area (Å²) in [6.07, 6.45) is 1.61. The zero-order valence-corrected chi connectivity index (χ0v) is 11.8. The van der Waals surface area contributed by atoms with E-state index >= 15 is 0 Å². The molecule has 1 N–H and O–H groups in total. The van der Waals surface area contributed by atoms with E-state index in [9.17, 15) is 8.42 Å². The highest BCUT2D eigenvalue weighted by molar-refractivity contribution is 7.92. The third-order valence-corrected chi connectivity index (χ3v) is 5.97. The van der Waals surface area contributed by atoms with Gasteiger partial charge in [-0.2, -0.15) is 0 Å². The lowest BCUT2D eigenvalue weighted by atomic mass is 10.1. The average molecular weight is 267 g/mol. The number of hydrogen-bond acceptors (Lipinski definition) is 3. The van der Waals surface area contributed by atoms with Crippen LogP contribution in [-0.2, 0) is 9.84 Å². The van der Waals surface area contributed by atoms with E-state index in [4.69, 9.17) is 0 Å². The lowest BCUT2D eigenvalue weighted by Gasteiger charge is -2.17. The van der Waals surface area contributed by atoms with Crippen molar-refractivity contribution in [1.29, 1.82) is 0 Å². The summed E-state index contributed by atoms with van der Waals surface area (Å²) in [4.78, 5) is 0. The molecular weight excluding hydrogens is 246 g/mol. The molecule has 100 valence electrons. The van der Waals surface area contributed by atoms with Crippen molar-refractivity contribution in [3.8, 4) is 0 Å². The Balaban J connectivity index is 1.92. The van der Waals surface area contributed by atoms with Crippen LogP contribution in [0.25, 0.3) is 0 Å². The first-order valence-electron chi connectivity index (χ1n) is 6.50. The Labute approximate surface area is 110 Å². The fourth-order valence-corrected chi connectivity index (χ4v) is 4.15. The molecule has 0 amide bonds. The van der Waals surface area contributed by atoms with Gasteiger partial charge in [-0.15, -0.1) is 0 Å². The molecule has 4 heteroatoms. The molecule has 1 heterocycles. The predicted molar refractivity (Wildman–Crippen MR) is 74.4 cm³/mol. The van der Waals surface area contributed by atoms with Gasteiger partial charge < -0.3 is 5.32 Å². The Bertz CT molecular complexity index is 493. The van der Waals surface area contributed by atoms with Crippen molar-refractivity contribution in [3.05, 3.63) is 35.4 Å². The van der Waals surface area contributed by atoms with Crippen LogP contribution in [0.2, 0.25) is 0 Å². The van der Waals surface area contributed by atoms with E-state index in [0.29, 0.717) is 12.3 Å². The van der Waals surface area contributed by atoms with E-state index in [1.165, 1.54) is 11.1 Å². The molecule has 0 spiro atoms. The van der Waals surface area contributed by atoms with Crippen LogP contribution in [0.1, 0.15) is 36.9 Å². The molecule has 2 unspecified atom stereocenters. The molecule has 3 nitrogen and oxygen atoms in total. The van der Waals surface area contributed by atoms with Gasteiger partial charge in [0, 0.05) is 12.6 Å². The summed E-state index contributed by atoms with van der Waals surface area (Å²) in [6, 6.07) is 8.55. The Morgan fingerprint density at radius 3 is 2.56 bits per heavy atom. The third-order valence-electron chi connectivity index (χ3n) is 3.69. The Hall–Kier alpha value is -0.870. The first-order chi connectivity index (χ1) is 8.49. The fourth-order valence-electron chi connectivity index (χ4n) is 2.37. The van der Waals surface area contributed by atoms with Gasteiger partial charge in [0.1, 0.15) is 0 Å². The Morgan fingerprint density at radius 1 is 1.33 bits per heavy atom. The van der Waals surface area contributed by atoms with Gasteiger partial charge in [0.2, 0.25) is 0 Å². The van der Waals surface area contributed by atoms with E-state index in [1.54, 1.807) is 0 Å². The lowest BCUT2D eigenvalue weighted by Crippen LogP contribution is -2.32. The highest BCUT2D eigenvalue weighted by atomic mass is 32.2. The molecule has 1 aromatic rings. The molecule has 2 rings (SSSR count). The molecule has 0 aromatic heterocycles. The molecule has 1 aliphatic heterocycles. The zero-order chi connectivity index (χ0) is 13.2. The first-order valence-corrected chi connectivity index (χ1v) is 8.22. The number of rotatable bonds is 4. The second-order valence-corrected chi connectivity index (χ2v) is 7.57. The minimum atomic E-state index is -2.83. The molecule has 0 aliphatic carbocycles. The normalized spacial score (nSPS) is 24.0. The van der Waals surface area contributed by atoms with E-state index < -0.39 is 9.84 Å². The Morgan fingerprint density at radius 2 is 2.00 bits per heavy atom. The van der Waals surface area contributed by atoms with Crippen molar-refractivity contribution in [3.63, 3.8) is 0 Å². The SMILES string of the molecule is Cc1ccc(C(C)NCC2CCCS2(=O)=O)cc1. The molecule has 1 fully saturated rings. The number of nitrogens with one attached hydrogen (secondary N) is 1. The van der Waals surface area contributed by atoms with Crippen LogP contribution in [0.5, 0.6) is 0 Å². The predicted octanol–water partition coefficient (Wildman–Crippen LogP) is 2.22. The van der Waals surface area contributed by atoms with Crippen molar-refractivity contribution in [1.82, 2.24) is 5.32 Å². The van der Waals surface area contributed by atoms with Crippen LogP contribution in [0.3, 0.4) is 0 Å². The minimum absolute atomic E-state index is 0.189. The number of hydrogen-bond donors (Lipinski definition) is 1. The molecular formula is C14H21NO2S. The Kier molecular flexibility index (Phi) is 4.07. The van der Waals surface area contributed by atoms with Gasteiger partial charge in [0.15, 0.2) is 9.84 Å². The van der Waals surface area contributed by atoms with E-state index in [2.05, 4.69) is 43.4 Å². The third kappa shape index (κ3) is 3.12. The van der Waals surface area contributed by atoms with Crippen molar-refractivity contribution >= 4 is 9.84 Å². The van der Waals surface area contributed by atoms with E-state index in [1.807, 2.05) is 0 Å². The molecule has 0 bridgehead atoms. The van der Waals surface area contributed by atoms with Crippen LogP contribution in [0.15, 0.2) is 24.3 Å². The largest absolute Gasteiger partial charge is 0.309 e. The van der Waals surface area contributed by atoms with Crippen LogP contribution in [0.4, 0.5) is 0 Å². The maximum absolute atomic E-state index is 11.7. The van der Waals surface area contributed by atoms with Crippen molar-refractivity contribution in [2.24, 2.45) is 0 Å². The maximum atomic E-state index is 11.7. The van der Waals surface area contributed by atoms with Gasteiger partial charge in [-0.3, -0.25) is 0 Å². The van der Waals surface area contributed by atoms with Crippen LogP contribution >= 0.6 is 0 Å². The standard InChI is InChI=1S/C14H21NO2S/c1-11-5-7-13(8-6-11)12(2)15-10-14-4-3-9-18(14,16)17/h5-8,12,14-15H,3-4,9-10H2,1-2H3. The van der Waals surface area contributed by atoms with Gasteiger partial charge in [0.25, 0.3) is 0 Å². The molecule has 0 radical (unpaired) electrons. The average Bonchev–Trinajstić information content (AvgIpc) is 2.66. The number of benzene rings is 1. The molecule has 2 atom stereocenters. The zero-order valence-electron chi connectivity index (χ0n) is 11.0. The highest BCUT2D eigenvalue weighted by Gasteiger charge is 2.31. The molecule has 1 aromatic carbocycles. The van der Waals surface area contributed by atoms with E-state index in [0.717, 1.165) is 12.8 Å². The van der Waals surface area contributed by atoms with Gasteiger partial charge in [-0.1, -0.05) is 29.8 Å². The molecule has 18 heavy (non-hydrogen) atoms. The molecule has 1 aliphatic rings. The van der Waals surface area contributed by atoms with E-state index in [-0.39, 0.29) is 11.3 Å². The monoisotopic (exact) mass is 267 g/mol. The van der Waals surface area contributed by atoms with Crippen molar-refractivity contribution in [2.45, 2.75) is 38.0 Å². The van der Waals surface area contributed by atoms with Crippen LogP contribution in [-0.4, -0.2) is 26.0 Å². The smallest absolute Gasteiger partial charge is 0.154 e. The second-order valence-electron chi connectivity index (χ2n) is 5.17. The number of sulfone groups is 1.